The van der Waals surface area contributed by atoms with Gasteiger partial charge in [-0.3, -0.25) is 19.5 Å². The molecule has 2 N–H and O–H groups in total. The lowest BCUT2D eigenvalue weighted by Crippen LogP contribution is -2.31. The van der Waals surface area contributed by atoms with Gasteiger partial charge in [0.25, 0.3) is 11.8 Å². The molecule has 0 saturated carbocycles. The summed E-state index contributed by atoms with van der Waals surface area (Å²) in [7, 11) is 0. The van der Waals surface area contributed by atoms with Gasteiger partial charge in [-0.25, -0.2) is 4.98 Å². The van der Waals surface area contributed by atoms with E-state index in [0.717, 1.165) is 22.9 Å². The van der Waals surface area contributed by atoms with Crippen molar-refractivity contribution in [1.82, 2.24) is 14.9 Å². The Morgan fingerprint density at radius 2 is 1.47 bits per heavy atom. The number of fused-ring (bicyclic) bond motifs is 1. The van der Waals surface area contributed by atoms with Crippen LogP contribution in [0.4, 0.5) is 17.2 Å². The van der Waals surface area contributed by atoms with Crippen molar-refractivity contribution in [2.24, 2.45) is 0 Å². The number of hydrogen-bond acceptors (Lipinski definition) is 7. The summed E-state index contributed by atoms with van der Waals surface area (Å²) in [5, 5.41) is 6.68. The molecule has 8 nitrogen and oxygen atoms in total. The minimum absolute atomic E-state index is 0.252. The molecule has 0 bridgehead atoms. The largest absolute Gasteiger partial charge is 0.493 e. The first kappa shape index (κ1) is 23.0. The normalized spacial score (nSPS) is 12.4. The number of hydrogen-bond donors (Lipinski definition) is 2. The number of amides is 2. The number of benzene rings is 2. The van der Waals surface area contributed by atoms with E-state index in [1.165, 1.54) is 4.90 Å². The maximum Gasteiger partial charge on any atom is 0.261 e. The average Bonchev–Trinajstić information content (AvgIpc) is 3.16. The second kappa shape index (κ2) is 10.7. The fraction of sp³-hybridized carbons (Fsp3) is 0.143. The Morgan fingerprint density at radius 1 is 0.778 bits per heavy atom. The number of anilines is 3. The number of imide groups is 1. The van der Waals surface area contributed by atoms with Gasteiger partial charge in [-0.1, -0.05) is 24.3 Å². The van der Waals surface area contributed by atoms with Gasteiger partial charge < -0.3 is 15.4 Å². The highest BCUT2D eigenvalue weighted by atomic mass is 16.5. The van der Waals surface area contributed by atoms with Crippen LogP contribution in [0.1, 0.15) is 32.8 Å². The number of rotatable bonds is 10. The first-order valence-electron chi connectivity index (χ1n) is 11.7. The van der Waals surface area contributed by atoms with Crippen LogP contribution in [0.5, 0.6) is 5.75 Å². The molecule has 0 spiro atoms. The molecule has 2 aromatic carbocycles. The van der Waals surface area contributed by atoms with E-state index in [0.29, 0.717) is 43.0 Å². The predicted octanol–water partition coefficient (Wildman–Crippen LogP) is 4.90. The number of aromatic nitrogens is 2. The zero-order valence-corrected chi connectivity index (χ0v) is 19.6. The molecular weight excluding hydrogens is 454 g/mol. The summed E-state index contributed by atoms with van der Waals surface area (Å²) in [5.74, 6) is 0.870. The predicted molar refractivity (Wildman–Crippen MR) is 137 cm³/mol. The molecule has 0 aliphatic carbocycles. The zero-order valence-electron chi connectivity index (χ0n) is 19.6. The van der Waals surface area contributed by atoms with Crippen LogP contribution in [-0.4, -0.2) is 39.8 Å². The second-order valence-electron chi connectivity index (χ2n) is 8.27. The molecule has 0 saturated heterocycles. The molecule has 5 rings (SSSR count). The number of nitrogens with one attached hydrogen (secondary N) is 2. The Kier molecular flexibility index (Phi) is 6.84. The Balaban J connectivity index is 1.23. The molecule has 3 heterocycles. The van der Waals surface area contributed by atoms with Crippen molar-refractivity contribution in [3.63, 3.8) is 0 Å². The molecular formula is C28H25N5O3. The van der Waals surface area contributed by atoms with E-state index in [-0.39, 0.29) is 11.8 Å². The molecule has 1 aliphatic heterocycles. The molecule has 0 unspecified atom stereocenters. The van der Waals surface area contributed by atoms with Gasteiger partial charge in [0.2, 0.25) is 0 Å². The van der Waals surface area contributed by atoms with Crippen molar-refractivity contribution in [3.8, 4) is 5.75 Å². The van der Waals surface area contributed by atoms with Gasteiger partial charge in [-0.05, 0) is 48.9 Å². The number of pyridine rings is 2. The summed E-state index contributed by atoms with van der Waals surface area (Å²) in [6.45, 7) is 1.20. The van der Waals surface area contributed by atoms with Crippen LogP contribution < -0.4 is 15.4 Å². The van der Waals surface area contributed by atoms with E-state index < -0.39 is 0 Å². The van der Waals surface area contributed by atoms with Crippen molar-refractivity contribution in [3.05, 3.63) is 108 Å². The standard InChI is InChI=1S/C28H25N5O3/c34-27-24-9-1-2-10-25(24)28(35)33(27)14-7-15-36-23-17-21(31-19-20-8-3-5-12-29-20)16-22(18-23)32-26-11-4-6-13-30-26/h1-6,8-13,16-18,31H,7,14-15,19H2,(H,30,32). The molecule has 0 atom stereocenters. The van der Waals surface area contributed by atoms with E-state index >= 15 is 0 Å². The summed E-state index contributed by atoms with van der Waals surface area (Å²) >= 11 is 0. The lowest BCUT2D eigenvalue weighted by atomic mass is 10.1. The second-order valence-corrected chi connectivity index (χ2v) is 8.27. The maximum absolute atomic E-state index is 12.6. The highest BCUT2D eigenvalue weighted by Crippen LogP contribution is 2.27. The molecule has 0 radical (unpaired) electrons. The van der Waals surface area contributed by atoms with Gasteiger partial charge >= 0.3 is 0 Å². The number of carbonyl (C=O) groups excluding carboxylic acids is 2. The molecule has 0 fully saturated rings. The minimum atomic E-state index is -0.252. The first-order valence-corrected chi connectivity index (χ1v) is 11.7. The van der Waals surface area contributed by atoms with Crippen LogP contribution in [0.2, 0.25) is 0 Å². The van der Waals surface area contributed by atoms with E-state index in [9.17, 15) is 9.59 Å². The molecule has 1 aliphatic rings. The molecule has 2 aromatic heterocycles. The number of ether oxygens (including phenoxy) is 1. The van der Waals surface area contributed by atoms with Crippen LogP contribution in [0.15, 0.2) is 91.3 Å². The highest BCUT2D eigenvalue weighted by Gasteiger charge is 2.34. The number of nitrogens with zero attached hydrogens (tertiary/aromatic N) is 3. The Bertz CT molecular complexity index is 1330. The molecule has 36 heavy (non-hydrogen) atoms. The van der Waals surface area contributed by atoms with E-state index in [2.05, 4.69) is 20.6 Å². The van der Waals surface area contributed by atoms with Crippen LogP contribution in [0, 0.1) is 0 Å². The van der Waals surface area contributed by atoms with Gasteiger partial charge in [-0.15, -0.1) is 0 Å². The maximum atomic E-state index is 12.6. The van der Waals surface area contributed by atoms with E-state index in [1.54, 1.807) is 36.7 Å². The summed E-state index contributed by atoms with van der Waals surface area (Å²) in [4.78, 5) is 35.1. The Morgan fingerprint density at radius 3 is 2.17 bits per heavy atom. The minimum Gasteiger partial charge on any atom is -0.493 e. The smallest absolute Gasteiger partial charge is 0.261 e. The molecule has 180 valence electrons. The fourth-order valence-corrected chi connectivity index (χ4v) is 3.99. The van der Waals surface area contributed by atoms with Gasteiger partial charge in [0, 0.05) is 42.4 Å². The molecule has 8 heteroatoms. The zero-order chi connectivity index (χ0) is 24.7. The van der Waals surface area contributed by atoms with Gasteiger partial charge in [0.05, 0.1) is 30.0 Å². The average molecular weight is 480 g/mol. The van der Waals surface area contributed by atoms with Crippen LogP contribution in [-0.2, 0) is 6.54 Å². The number of carbonyl (C=O) groups is 2. The highest BCUT2D eigenvalue weighted by molar-refractivity contribution is 6.21. The summed E-state index contributed by atoms with van der Waals surface area (Å²) in [5.41, 5.74) is 3.51. The van der Waals surface area contributed by atoms with E-state index in [1.807, 2.05) is 54.6 Å². The van der Waals surface area contributed by atoms with Gasteiger partial charge in [-0.2, -0.15) is 0 Å². The van der Waals surface area contributed by atoms with Crippen LogP contribution in [0.3, 0.4) is 0 Å². The lowest BCUT2D eigenvalue weighted by molar-refractivity contribution is 0.0647. The quantitative estimate of drug-likeness (QED) is 0.247. The van der Waals surface area contributed by atoms with Gasteiger partial charge in [0.15, 0.2) is 0 Å². The van der Waals surface area contributed by atoms with Crippen molar-refractivity contribution >= 4 is 29.0 Å². The third kappa shape index (κ3) is 5.33. The third-order valence-electron chi connectivity index (χ3n) is 5.72. The van der Waals surface area contributed by atoms with Crippen LogP contribution in [0.25, 0.3) is 0 Å². The van der Waals surface area contributed by atoms with E-state index in [4.69, 9.17) is 4.74 Å². The Labute approximate surface area is 209 Å². The van der Waals surface area contributed by atoms with Crippen molar-refractivity contribution in [2.45, 2.75) is 13.0 Å². The van der Waals surface area contributed by atoms with Gasteiger partial charge in [0.1, 0.15) is 11.6 Å². The summed E-state index contributed by atoms with van der Waals surface area (Å²) in [6, 6.07) is 24.1. The third-order valence-corrected chi connectivity index (χ3v) is 5.72. The van der Waals surface area contributed by atoms with Crippen molar-refractivity contribution in [2.75, 3.05) is 23.8 Å². The van der Waals surface area contributed by atoms with Crippen LogP contribution >= 0.6 is 0 Å². The topological polar surface area (TPSA) is 96.5 Å². The molecule has 2 amide bonds. The molecule has 4 aromatic rings. The summed E-state index contributed by atoms with van der Waals surface area (Å²) in [6.07, 6.45) is 4.00. The van der Waals surface area contributed by atoms with Crippen molar-refractivity contribution < 1.29 is 14.3 Å². The SMILES string of the molecule is O=C1c2ccccc2C(=O)N1CCCOc1cc(NCc2ccccn2)cc(Nc2ccccn2)c1. The van der Waals surface area contributed by atoms with Crippen molar-refractivity contribution in [1.29, 1.82) is 0 Å². The fourth-order valence-electron chi connectivity index (χ4n) is 3.99. The lowest BCUT2D eigenvalue weighted by Gasteiger charge is -2.16. The first-order chi connectivity index (χ1) is 17.7. The summed E-state index contributed by atoms with van der Waals surface area (Å²) < 4.78 is 6.02. The monoisotopic (exact) mass is 479 g/mol. The Hall–Kier alpha value is -4.72.